The van der Waals surface area contributed by atoms with E-state index in [1.54, 1.807) is 6.08 Å². The minimum Gasteiger partial charge on any atom is -0.306 e. The van der Waals surface area contributed by atoms with Crippen LogP contribution in [0.5, 0.6) is 0 Å². The summed E-state index contributed by atoms with van der Waals surface area (Å²) in [5, 5.41) is 3.00. The van der Waals surface area contributed by atoms with Crippen molar-refractivity contribution in [2.45, 2.75) is 6.92 Å². The molecule has 2 heterocycles. The SMILES string of the molecule is Cc1ccn2c(NC(=O)/C=C/c3ccccc3)c(-c3ccccc3)nc2c1. The van der Waals surface area contributed by atoms with Crippen molar-refractivity contribution < 1.29 is 4.79 Å². The predicted molar refractivity (Wildman–Crippen MR) is 109 cm³/mol. The van der Waals surface area contributed by atoms with Gasteiger partial charge >= 0.3 is 0 Å². The minimum absolute atomic E-state index is 0.196. The number of rotatable bonds is 4. The number of nitrogens with zero attached hydrogens (tertiary/aromatic N) is 2. The smallest absolute Gasteiger partial charge is 0.249 e. The zero-order valence-electron chi connectivity index (χ0n) is 15.0. The zero-order valence-corrected chi connectivity index (χ0v) is 15.0. The Bertz CT molecular complexity index is 1110. The van der Waals surface area contributed by atoms with Gasteiger partial charge in [-0.2, -0.15) is 0 Å². The van der Waals surface area contributed by atoms with E-state index in [1.165, 1.54) is 6.08 Å². The van der Waals surface area contributed by atoms with Gasteiger partial charge in [-0.1, -0.05) is 60.7 Å². The topological polar surface area (TPSA) is 46.4 Å². The number of amides is 1. The monoisotopic (exact) mass is 353 g/mol. The van der Waals surface area contributed by atoms with Gasteiger partial charge in [-0.05, 0) is 36.3 Å². The summed E-state index contributed by atoms with van der Waals surface area (Å²) in [5.41, 5.74) is 4.61. The molecule has 4 aromatic rings. The van der Waals surface area contributed by atoms with Crippen LogP contribution in [0, 0.1) is 6.92 Å². The molecule has 132 valence electrons. The van der Waals surface area contributed by atoms with E-state index in [-0.39, 0.29) is 5.91 Å². The molecule has 4 nitrogen and oxygen atoms in total. The van der Waals surface area contributed by atoms with E-state index in [0.29, 0.717) is 5.82 Å². The molecule has 4 rings (SSSR count). The molecule has 27 heavy (non-hydrogen) atoms. The summed E-state index contributed by atoms with van der Waals surface area (Å²) >= 11 is 0. The summed E-state index contributed by atoms with van der Waals surface area (Å²) in [6.07, 6.45) is 5.27. The van der Waals surface area contributed by atoms with Crippen LogP contribution in [0.3, 0.4) is 0 Å². The highest BCUT2D eigenvalue weighted by atomic mass is 16.1. The Morgan fingerprint density at radius 2 is 1.70 bits per heavy atom. The number of carbonyl (C=O) groups excluding carboxylic acids is 1. The van der Waals surface area contributed by atoms with Gasteiger partial charge in [0.2, 0.25) is 5.91 Å². The van der Waals surface area contributed by atoms with Crippen molar-refractivity contribution in [1.82, 2.24) is 9.38 Å². The third-order valence-corrected chi connectivity index (χ3v) is 4.30. The fraction of sp³-hybridized carbons (Fsp3) is 0.0435. The maximum absolute atomic E-state index is 12.5. The fourth-order valence-electron chi connectivity index (χ4n) is 2.96. The Balaban J connectivity index is 1.71. The molecule has 0 radical (unpaired) electrons. The highest BCUT2D eigenvalue weighted by Crippen LogP contribution is 2.29. The summed E-state index contributed by atoms with van der Waals surface area (Å²) in [6.45, 7) is 2.03. The first-order valence-corrected chi connectivity index (χ1v) is 8.79. The van der Waals surface area contributed by atoms with E-state index in [9.17, 15) is 4.79 Å². The number of fused-ring (bicyclic) bond motifs is 1. The van der Waals surface area contributed by atoms with Crippen LogP contribution in [0.4, 0.5) is 5.82 Å². The third-order valence-electron chi connectivity index (χ3n) is 4.30. The zero-order chi connectivity index (χ0) is 18.6. The lowest BCUT2D eigenvalue weighted by Crippen LogP contribution is -2.10. The van der Waals surface area contributed by atoms with Crippen molar-refractivity contribution in [2.24, 2.45) is 0 Å². The molecular weight excluding hydrogens is 334 g/mol. The molecule has 0 saturated heterocycles. The van der Waals surface area contributed by atoms with Crippen molar-refractivity contribution in [3.05, 3.63) is 96.2 Å². The average molecular weight is 353 g/mol. The molecule has 0 saturated carbocycles. The molecule has 0 aliphatic heterocycles. The summed E-state index contributed by atoms with van der Waals surface area (Å²) in [5.74, 6) is 0.470. The number of nitrogens with one attached hydrogen (secondary N) is 1. The molecule has 0 aliphatic rings. The predicted octanol–water partition coefficient (Wildman–Crippen LogP) is 4.96. The first-order valence-electron chi connectivity index (χ1n) is 8.79. The number of aryl methyl sites for hydroxylation is 1. The first-order chi connectivity index (χ1) is 13.2. The number of carbonyl (C=O) groups is 1. The Morgan fingerprint density at radius 1 is 1.00 bits per heavy atom. The molecule has 4 heteroatoms. The molecule has 0 aliphatic carbocycles. The van der Waals surface area contributed by atoms with Crippen LogP contribution in [0.2, 0.25) is 0 Å². The number of pyridine rings is 1. The fourth-order valence-corrected chi connectivity index (χ4v) is 2.96. The summed E-state index contributed by atoms with van der Waals surface area (Å²) in [4.78, 5) is 17.3. The molecular formula is C23H19N3O. The lowest BCUT2D eigenvalue weighted by molar-refractivity contribution is -0.111. The molecule has 2 aromatic carbocycles. The Kier molecular flexibility index (Phi) is 4.54. The second-order valence-electron chi connectivity index (χ2n) is 6.34. The van der Waals surface area contributed by atoms with Crippen molar-refractivity contribution >= 4 is 23.4 Å². The Labute approximate surface area is 157 Å². The van der Waals surface area contributed by atoms with Crippen LogP contribution < -0.4 is 5.32 Å². The summed E-state index contributed by atoms with van der Waals surface area (Å²) in [6, 6.07) is 23.6. The van der Waals surface area contributed by atoms with Gasteiger partial charge in [-0.3, -0.25) is 9.20 Å². The third kappa shape index (κ3) is 3.65. The van der Waals surface area contributed by atoms with E-state index >= 15 is 0 Å². The molecule has 0 unspecified atom stereocenters. The van der Waals surface area contributed by atoms with Crippen LogP contribution in [0.15, 0.2) is 85.1 Å². The van der Waals surface area contributed by atoms with E-state index in [1.807, 2.05) is 90.3 Å². The summed E-state index contributed by atoms with van der Waals surface area (Å²) in [7, 11) is 0. The van der Waals surface area contributed by atoms with Gasteiger partial charge in [0.1, 0.15) is 17.2 Å². The van der Waals surface area contributed by atoms with Crippen LogP contribution in [-0.4, -0.2) is 15.3 Å². The normalized spacial score (nSPS) is 11.1. The molecule has 0 spiro atoms. The molecule has 2 aromatic heterocycles. The maximum Gasteiger partial charge on any atom is 0.249 e. The van der Waals surface area contributed by atoms with Crippen molar-refractivity contribution in [1.29, 1.82) is 0 Å². The van der Waals surface area contributed by atoms with Gasteiger partial charge in [0.05, 0.1) is 0 Å². The van der Waals surface area contributed by atoms with Gasteiger partial charge in [0, 0.05) is 17.8 Å². The second kappa shape index (κ2) is 7.30. The summed E-state index contributed by atoms with van der Waals surface area (Å²) < 4.78 is 1.91. The molecule has 0 bridgehead atoms. The minimum atomic E-state index is -0.196. The first kappa shape index (κ1) is 16.8. The largest absolute Gasteiger partial charge is 0.306 e. The van der Waals surface area contributed by atoms with E-state index in [2.05, 4.69) is 5.32 Å². The lowest BCUT2D eigenvalue weighted by atomic mass is 10.1. The second-order valence-corrected chi connectivity index (χ2v) is 6.34. The maximum atomic E-state index is 12.5. The van der Waals surface area contributed by atoms with Crippen molar-refractivity contribution in [2.75, 3.05) is 5.32 Å². The number of anilines is 1. The number of aromatic nitrogens is 2. The van der Waals surface area contributed by atoms with Gasteiger partial charge < -0.3 is 5.32 Å². The Hall–Kier alpha value is -3.66. The molecule has 1 amide bonds. The van der Waals surface area contributed by atoms with Crippen molar-refractivity contribution in [3.63, 3.8) is 0 Å². The van der Waals surface area contributed by atoms with E-state index in [0.717, 1.165) is 28.0 Å². The molecule has 0 fully saturated rings. The van der Waals surface area contributed by atoms with E-state index in [4.69, 9.17) is 4.98 Å². The van der Waals surface area contributed by atoms with E-state index < -0.39 is 0 Å². The van der Waals surface area contributed by atoms with Crippen LogP contribution in [0.25, 0.3) is 23.0 Å². The number of benzene rings is 2. The standard InChI is InChI=1S/C23H19N3O/c1-17-14-15-26-20(16-17)24-22(19-10-6-3-7-11-19)23(26)25-21(27)13-12-18-8-4-2-5-9-18/h2-16H,1H3,(H,25,27)/b13-12+. The number of hydrogen-bond donors (Lipinski definition) is 1. The van der Waals surface area contributed by atoms with Crippen LogP contribution >= 0.6 is 0 Å². The number of imidazole rings is 1. The van der Waals surface area contributed by atoms with Gasteiger partial charge in [-0.25, -0.2) is 4.98 Å². The molecule has 0 atom stereocenters. The van der Waals surface area contributed by atoms with Gasteiger partial charge in [-0.15, -0.1) is 0 Å². The molecule has 1 N–H and O–H groups in total. The van der Waals surface area contributed by atoms with Crippen LogP contribution in [0.1, 0.15) is 11.1 Å². The van der Waals surface area contributed by atoms with Gasteiger partial charge in [0.25, 0.3) is 0 Å². The highest BCUT2D eigenvalue weighted by Gasteiger charge is 2.15. The number of hydrogen-bond acceptors (Lipinski definition) is 2. The Morgan fingerprint density at radius 3 is 2.44 bits per heavy atom. The lowest BCUT2D eigenvalue weighted by Gasteiger charge is -2.06. The van der Waals surface area contributed by atoms with Crippen LogP contribution in [-0.2, 0) is 4.79 Å². The quantitative estimate of drug-likeness (QED) is 0.527. The van der Waals surface area contributed by atoms with Gasteiger partial charge in [0.15, 0.2) is 0 Å². The highest BCUT2D eigenvalue weighted by molar-refractivity contribution is 6.03. The van der Waals surface area contributed by atoms with Crippen molar-refractivity contribution in [3.8, 4) is 11.3 Å². The average Bonchev–Trinajstić information content (AvgIpc) is 3.05.